The van der Waals surface area contributed by atoms with Crippen molar-refractivity contribution in [3.63, 3.8) is 0 Å². The second kappa shape index (κ2) is 6.96. The van der Waals surface area contributed by atoms with E-state index in [2.05, 4.69) is 0 Å². The van der Waals surface area contributed by atoms with Gasteiger partial charge in [-0.05, 0) is 36.4 Å². The highest BCUT2D eigenvalue weighted by Crippen LogP contribution is 2.24. The van der Waals surface area contributed by atoms with Crippen LogP contribution in [0.1, 0.15) is 6.92 Å². The SMILES string of the molecule is CC(=O)N(CCCl)c1ccc(Oc2ccccc2)cc1. The minimum absolute atomic E-state index is 0.0256. The van der Waals surface area contributed by atoms with Crippen molar-refractivity contribution in [2.75, 3.05) is 17.3 Å². The molecule has 0 heterocycles. The monoisotopic (exact) mass is 289 g/mol. The molecule has 0 N–H and O–H groups in total. The molecule has 0 aliphatic heterocycles. The van der Waals surface area contributed by atoms with Gasteiger partial charge < -0.3 is 9.64 Å². The maximum atomic E-state index is 11.5. The Morgan fingerprint density at radius 2 is 1.65 bits per heavy atom. The van der Waals surface area contributed by atoms with Crippen LogP contribution in [0.15, 0.2) is 54.6 Å². The standard InChI is InChI=1S/C16H16ClNO2/c1-13(19)18(12-11-17)14-7-9-16(10-8-14)20-15-5-3-2-4-6-15/h2-10H,11-12H2,1H3. The van der Waals surface area contributed by atoms with Crippen molar-refractivity contribution in [1.29, 1.82) is 0 Å². The molecule has 0 unspecified atom stereocenters. The first kappa shape index (κ1) is 14.4. The van der Waals surface area contributed by atoms with Gasteiger partial charge >= 0.3 is 0 Å². The number of benzene rings is 2. The van der Waals surface area contributed by atoms with Crippen molar-refractivity contribution >= 4 is 23.2 Å². The average Bonchev–Trinajstić information content (AvgIpc) is 2.47. The van der Waals surface area contributed by atoms with E-state index in [0.29, 0.717) is 12.4 Å². The van der Waals surface area contributed by atoms with Crippen LogP contribution >= 0.6 is 11.6 Å². The molecule has 0 saturated heterocycles. The topological polar surface area (TPSA) is 29.5 Å². The molecule has 0 aliphatic rings. The summed E-state index contributed by atoms with van der Waals surface area (Å²) in [6.07, 6.45) is 0. The lowest BCUT2D eigenvalue weighted by molar-refractivity contribution is -0.116. The molecule has 0 atom stereocenters. The molecule has 20 heavy (non-hydrogen) atoms. The number of halogens is 1. The normalized spacial score (nSPS) is 10.1. The third-order valence-corrected chi connectivity index (χ3v) is 2.98. The second-order valence-corrected chi connectivity index (χ2v) is 4.65. The van der Waals surface area contributed by atoms with E-state index in [1.165, 1.54) is 6.92 Å². The van der Waals surface area contributed by atoms with Gasteiger partial charge in [0.25, 0.3) is 0 Å². The first-order valence-corrected chi connectivity index (χ1v) is 6.91. The minimum atomic E-state index is -0.0256. The second-order valence-electron chi connectivity index (χ2n) is 4.27. The van der Waals surface area contributed by atoms with E-state index in [-0.39, 0.29) is 5.91 Å². The lowest BCUT2D eigenvalue weighted by Crippen LogP contribution is -2.30. The summed E-state index contributed by atoms with van der Waals surface area (Å²) in [5.41, 5.74) is 0.818. The highest BCUT2D eigenvalue weighted by molar-refractivity contribution is 6.18. The van der Waals surface area contributed by atoms with Crippen LogP contribution in [-0.4, -0.2) is 18.3 Å². The fraction of sp³-hybridized carbons (Fsp3) is 0.188. The van der Waals surface area contributed by atoms with Crippen molar-refractivity contribution < 1.29 is 9.53 Å². The van der Waals surface area contributed by atoms with Crippen molar-refractivity contribution in [2.24, 2.45) is 0 Å². The number of amides is 1. The van der Waals surface area contributed by atoms with Crippen molar-refractivity contribution in [2.45, 2.75) is 6.92 Å². The maximum absolute atomic E-state index is 11.5. The van der Waals surface area contributed by atoms with E-state index >= 15 is 0 Å². The highest BCUT2D eigenvalue weighted by Gasteiger charge is 2.10. The van der Waals surface area contributed by atoms with Gasteiger partial charge in [-0.2, -0.15) is 0 Å². The molecule has 2 rings (SSSR count). The molecular weight excluding hydrogens is 274 g/mol. The van der Waals surface area contributed by atoms with Crippen LogP contribution in [-0.2, 0) is 4.79 Å². The first-order valence-electron chi connectivity index (χ1n) is 6.38. The van der Waals surface area contributed by atoms with Crippen LogP contribution < -0.4 is 9.64 Å². The van der Waals surface area contributed by atoms with Crippen LogP contribution in [0.5, 0.6) is 11.5 Å². The molecular formula is C16H16ClNO2. The van der Waals surface area contributed by atoms with Gasteiger partial charge in [-0.1, -0.05) is 18.2 Å². The molecule has 1 amide bonds. The molecule has 0 aliphatic carbocycles. The summed E-state index contributed by atoms with van der Waals surface area (Å²) in [6, 6.07) is 16.9. The highest BCUT2D eigenvalue weighted by atomic mass is 35.5. The lowest BCUT2D eigenvalue weighted by Gasteiger charge is -2.20. The Morgan fingerprint density at radius 1 is 1.05 bits per heavy atom. The number of nitrogens with zero attached hydrogens (tertiary/aromatic N) is 1. The number of carbonyl (C=O) groups is 1. The summed E-state index contributed by atoms with van der Waals surface area (Å²) >= 11 is 5.71. The largest absolute Gasteiger partial charge is 0.457 e. The molecule has 0 bridgehead atoms. The predicted octanol–water partition coefficient (Wildman–Crippen LogP) is 4.07. The van der Waals surface area contributed by atoms with Crippen molar-refractivity contribution in [3.8, 4) is 11.5 Å². The number of hydrogen-bond acceptors (Lipinski definition) is 2. The van der Waals surface area contributed by atoms with Crippen LogP contribution in [0.2, 0.25) is 0 Å². The van der Waals surface area contributed by atoms with Crippen LogP contribution in [0.3, 0.4) is 0 Å². The van der Waals surface area contributed by atoms with Gasteiger partial charge in [0.2, 0.25) is 5.91 Å². The number of anilines is 1. The van der Waals surface area contributed by atoms with Gasteiger partial charge in [-0.15, -0.1) is 11.6 Å². The molecule has 0 saturated carbocycles. The number of para-hydroxylation sites is 1. The zero-order valence-electron chi connectivity index (χ0n) is 11.3. The quantitative estimate of drug-likeness (QED) is 0.777. The maximum Gasteiger partial charge on any atom is 0.223 e. The Kier molecular flexibility index (Phi) is 5.02. The van der Waals surface area contributed by atoms with Gasteiger partial charge in [0.1, 0.15) is 11.5 Å². The molecule has 0 spiro atoms. The molecule has 0 aromatic heterocycles. The Balaban J connectivity index is 2.11. The molecule has 3 nitrogen and oxygen atoms in total. The summed E-state index contributed by atoms with van der Waals surface area (Å²) in [5.74, 6) is 1.89. The molecule has 0 radical (unpaired) electrons. The van der Waals surface area contributed by atoms with E-state index in [0.717, 1.165) is 17.2 Å². The Labute approximate surface area is 123 Å². The third-order valence-electron chi connectivity index (χ3n) is 2.82. The zero-order chi connectivity index (χ0) is 14.4. The Hall–Kier alpha value is -2.00. The summed E-state index contributed by atoms with van der Waals surface area (Å²) < 4.78 is 5.70. The van der Waals surface area contributed by atoms with E-state index in [4.69, 9.17) is 16.3 Å². The van der Waals surface area contributed by atoms with Crippen LogP contribution in [0.4, 0.5) is 5.69 Å². The van der Waals surface area contributed by atoms with Crippen LogP contribution in [0.25, 0.3) is 0 Å². The van der Waals surface area contributed by atoms with Gasteiger partial charge in [-0.3, -0.25) is 4.79 Å². The summed E-state index contributed by atoms with van der Waals surface area (Å²) in [7, 11) is 0. The van der Waals surface area contributed by atoms with E-state index < -0.39 is 0 Å². The Morgan fingerprint density at radius 3 is 2.20 bits per heavy atom. The predicted molar refractivity (Wildman–Crippen MR) is 81.7 cm³/mol. The van der Waals surface area contributed by atoms with E-state index in [9.17, 15) is 4.79 Å². The Bertz CT molecular complexity index is 554. The van der Waals surface area contributed by atoms with Gasteiger partial charge in [-0.25, -0.2) is 0 Å². The number of carbonyl (C=O) groups excluding carboxylic acids is 1. The fourth-order valence-corrected chi connectivity index (χ4v) is 2.04. The molecule has 0 fully saturated rings. The number of alkyl halides is 1. The van der Waals surface area contributed by atoms with Crippen molar-refractivity contribution in [1.82, 2.24) is 0 Å². The van der Waals surface area contributed by atoms with Crippen molar-refractivity contribution in [3.05, 3.63) is 54.6 Å². The lowest BCUT2D eigenvalue weighted by atomic mass is 10.2. The molecule has 104 valence electrons. The van der Waals surface area contributed by atoms with Gasteiger partial charge in [0.15, 0.2) is 0 Å². The minimum Gasteiger partial charge on any atom is -0.457 e. The summed E-state index contributed by atoms with van der Waals surface area (Å²) in [6.45, 7) is 2.02. The third kappa shape index (κ3) is 3.75. The average molecular weight is 290 g/mol. The zero-order valence-corrected chi connectivity index (χ0v) is 12.0. The van der Waals surface area contributed by atoms with Gasteiger partial charge in [0.05, 0.1) is 0 Å². The fourth-order valence-electron chi connectivity index (χ4n) is 1.87. The summed E-state index contributed by atoms with van der Waals surface area (Å²) in [4.78, 5) is 13.2. The van der Waals surface area contributed by atoms with E-state index in [1.54, 1.807) is 4.90 Å². The van der Waals surface area contributed by atoms with E-state index in [1.807, 2.05) is 54.6 Å². The number of hydrogen-bond donors (Lipinski definition) is 0. The number of rotatable bonds is 5. The smallest absolute Gasteiger partial charge is 0.223 e. The number of ether oxygens (including phenoxy) is 1. The van der Waals surface area contributed by atoms with Crippen LogP contribution in [0, 0.1) is 0 Å². The summed E-state index contributed by atoms with van der Waals surface area (Å²) in [5, 5.41) is 0. The van der Waals surface area contributed by atoms with Gasteiger partial charge in [0, 0.05) is 25.0 Å². The molecule has 2 aromatic carbocycles. The first-order chi connectivity index (χ1) is 9.70. The molecule has 2 aromatic rings. The molecule has 4 heteroatoms.